The Morgan fingerprint density at radius 2 is 1.95 bits per heavy atom. The highest BCUT2D eigenvalue weighted by Gasteiger charge is 2.12. The maximum atomic E-state index is 5.99. The molecule has 1 aliphatic carbocycles. The minimum absolute atomic E-state index is 0.485. The van der Waals surface area contributed by atoms with Crippen LogP contribution < -0.4 is 15.8 Å². The first-order chi connectivity index (χ1) is 9.79. The topological polar surface area (TPSA) is 59.6 Å². The van der Waals surface area contributed by atoms with Gasteiger partial charge in [0.1, 0.15) is 5.75 Å². The van der Waals surface area contributed by atoms with E-state index in [1.807, 2.05) is 24.3 Å². The molecule has 1 aromatic rings. The van der Waals surface area contributed by atoms with E-state index in [0.29, 0.717) is 18.5 Å². The molecule has 3 N–H and O–H groups in total. The van der Waals surface area contributed by atoms with Crippen molar-refractivity contribution in [3.05, 3.63) is 29.8 Å². The summed E-state index contributed by atoms with van der Waals surface area (Å²) in [7, 11) is 1.68. The number of nitrogens with zero attached hydrogens (tertiary/aromatic N) is 1. The van der Waals surface area contributed by atoms with Gasteiger partial charge >= 0.3 is 0 Å². The Bertz CT molecular complexity index is 437. The minimum Gasteiger partial charge on any atom is -0.496 e. The van der Waals surface area contributed by atoms with Gasteiger partial charge in [-0.3, -0.25) is 0 Å². The summed E-state index contributed by atoms with van der Waals surface area (Å²) in [6, 6.07) is 8.39. The largest absolute Gasteiger partial charge is 0.496 e. The number of methoxy groups -OCH3 is 1. The first-order valence-corrected chi connectivity index (χ1v) is 7.48. The molecule has 1 aliphatic rings. The van der Waals surface area contributed by atoms with Crippen LogP contribution in [0.5, 0.6) is 5.75 Å². The fraction of sp³-hybridized carbons (Fsp3) is 0.562. The number of benzene rings is 1. The molecule has 1 aromatic carbocycles. The summed E-state index contributed by atoms with van der Waals surface area (Å²) in [5, 5.41) is 3.35. The molecule has 4 nitrogen and oxygen atoms in total. The van der Waals surface area contributed by atoms with Crippen molar-refractivity contribution in [2.75, 3.05) is 7.11 Å². The third kappa shape index (κ3) is 4.44. The monoisotopic (exact) mass is 275 g/mol. The lowest BCUT2D eigenvalue weighted by atomic mass is 10.1. The van der Waals surface area contributed by atoms with E-state index in [9.17, 15) is 0 Å². The molecule has 4 heteroatoms. The van der Waals surface area contributed by atoms with Crippen molar-refractivity contribution in [2.24, 2.45) is 10.7 Å². The lowest BCUT2D eigenvalue weighted by Crippen LogP contribution is -2.39. The van der Waals surface area contributed by atoms with Gasteiger partial charge in [0.2, 0.25) is 0 Å². The fourth-order valence-corrected chi connectivity index (χ4v) is 2.68. The first kappa shape index (κ1) is 14.7. The van der Waals surface area contributed by atoms with E-state index in [1.165, 1.54) is 38.5 Å². The molecule has 1 fully saturated rings. The van der Waals surface area contributed by atoms with Crippen LogP contribution in [0.1, 0.15) is 44.1 Å². The second kappa shape index (κ2) is 7.78. The average molecular weight is 275 g/mol. The summed E-state index contributed by atoms with van der Waals surface area (Å²) in [5.41, 5.74) is 7.05. The van der Waals surface area contributed by atoms with Crippen molar-refractivity contribution in [3.8, 4) is 5.75 Å². The summed E-state index contributed by atoms with van der Waals surface area (Å²) in [6.45, 7) is 0.551. The summed E-state index contributed by atoms with van der Waals surface area (Å²) in [6.07, 6.45) is 7.66. The van der Waals surface area contributed by atoms with Crippen molar-refractivity contribution in [2.45, 2.75) is 51.1 Å². The van der Waals surface area contributed by atoms with Gasteiger partial charge in [-0.2, -0.15) is 0 Å². The number of para-hydroxylation sites is 1. The number of hydrogen-bond donors (Lipinski definition) is 2. The van der Waals surface area contributed by atoms with Crippen LogP contribution in [0, 0.1) is 0 Å². The van der Waals surface area contributed by atoms with Crippen molar-refractivity contribution in [1.82, 2.24) is 5.32 Å². The van der Waals surface area contributed by atoms with Crippen LogP contribution in [0.3, 0.4) is 0 Å². The SMILES string of the molecule is COc1ccccc1CN=C(N)NC1CCCCCC1. The highest BCUT2D eigenvalue weighted by Crippen LogP contribution is 2.18. The number of nitrogens with one attached hydrogen (secondary N) is 1. The van der Waals surface area contributed by atoms with Crippen LogP contribution in [-0.2, 0) is 6.54 Å². The van der Waals surface area contributed by atoms with Gasteiger partial charge in [-0.1, -0.05) is 43.9 Å². The molecule has 0 atom stereocenters. The van der Waals surface area contributed by atoms with E-state index in [2.05, 4.69) is 10.3 Å². The molecule has 0 aliphatic heterocycles. The Morgan fingerprint density at radius 3 is 2.65 bits per heavy atom. The summed E-state index contributed by atoms with van der Waals surface area (Å²) < 4.78 is 5.31. The molecule has 0 aromatic heterocycles. The van der Waals surface area contributed by atoms with E-state index < -0.39 is 0 Å². The summed E-state index contributed by atoms with van der Waals surface area (Å²) in [5.74, 6) is 1.40. The molecule has 0 bridgehead atoms. The lowest BCUT2D eigenvalue weighted by molar-refractivity contribution is 0.410. The standard InChI is InChI=1S/C16H25N3O/c1-20-15-11-7-6-8-13(15)12-18-16(17)19-14-9-4-2-3-5-10-14/h6-8,11,14H,2-5,9-10,12H2,1H3,(H3,17,18,19). The Hall–Kier alpha value is -1.71. The smallest absolute Gasteiger partial charge is 0.189 e. The van der Waals surface area contributed by atoms with E-state index in [0.717, 1.165) is 11.3 Å². The second-order valence-corrected chi connectivity index (χ2v) is 5.35. The van der Waals surface area contributed by atoms with Crippen molar-refractivity contribution in [1.29, 1.82) is 0 Å². The minimum atomic E-state index is 0.485. The molecule has 0 spiro atoms. The molecular formula is C16H25N3O. The Morgan fingerprint density at radius 1 is 1.25 bits per heavy atom. The summed E-state index contributed by atoms with van der Waals surface area (Å²) >= 11 is 0. The van der Waals surface area contributed by atoms with Gasteiger partial charge in [0.15, 0.2) is 5.96 Å². The molecule has 0 radical (unpaired) electrons. The molecule has 2 rings (SSSR count). The highest BCUT2D eigenvalue weighted by atomic mass is 16.5. The Kier molecular flexibility index (Phi) is 5.71. The normalized spacial score (nSPS) is 17.6. The van der Waals surface area contributed by atoms with Gasteiger partial charge in [0.05, 0.1) is 13.7 Å². The first-order valence-electron chi connectivity index (χ1n) is 7.48. The van der Waals surface area contributed by atoms with Crippen LogP contribution in [0.15, 0.2) is 29.3 Å². The fourth-order valence-electron chi connectivity index (χ4n) is 2.68. The van der Waals surface area contributed by atoms with Gasteiger partial charge in [-0.25, -0.2) is 4.99 Å². The van der Waals surface area contributed by atoms with E-state index in [1.54, 1.807) is 7.11 Å². The van der Waals surface area contributed by atoms with Crippen molar-refractivity contribution < 1.29 is 4.74 Å². The van der Waals surface area contributed by atoms with Gasteiger partial charge in [0, 0.05) is 11.6 Å². The molecule has 20 heavy (non-hydrogen) atoms. The number of ether oxygens (including phenoxy) is 1. The molecule has 110 valence electrons. The number of hydrogen-bond acceptors (Lipinski definition) is 2. The van der Waals surface area contributed by atoms with Gasteiger partial charge in [-0.15, -0.1) is 0 Å². The van der Waals surface area contributed by atoms with Crippen LogP contribution in [0.25, 0.3) is 0 Å². The van der Waals surface area contributed by atoms with Gasteiger partial charge < -0.3 is 15.8 Å². The van der Waals surface area contributed by atoms with Gasteiger partial charge in [0.25, 0.3) is 0 Å². The lowest BCUT2D eigenvalue weighted by Gasteiger charge is -2.16. The van der Waals surface area contributed by atoms with Crippen LogP contribution >= 0.6 is 0 Å². The zero-order valence-electron chi connectivity index (χ0n) is 12.3. The number of rotatable bonds is 4. The molecule has 1 saturated carbocycles. The van der Waals surface area contributed by atoms with Crippen molar-refractivity contribution in [3.63, 3.8) is 0 Å². The molecule has 0 amide bonds. The number of guanidine groups is 1. The molecule has 0 saturated heterocycles. The third-order valence-corrected chi connectivity index (χ3v) is 3.82. The molecule has 0 unspecified atom stereocenters. The van der Waals surface area contributed by atoms with E-state index in [4.69, 9.17) is 10.5 Å². The maximum absolute atomic E-state index is 5.99. The molecule has 0 heterocycles. The van der Waals surface area contributed by atoms with Crippen molar-refractivity contribution >= 4 is 5.96 Å². The van der Waals surface area contributed by atoms with E-state index >= 15 is 0 Å². The highest BCUT2D eigenvalue weighted by molar-refractivity contribution is 5.78. The zero-order chi connectivity index (χ0) is 14.2. The number of aliphatic imine (C=N–C) groups is 1. The maximum Gasteiger partial charge on any atom is 0.189 e. The third-order valence-electron chi connectivity index (χ3n) is 3.82. The molecular weight excluding hydrogens is 250 g/mol. The average Bonchev–Trinajstić information content (AvgIpc) is 2.74. The quantitative estimate of drug-likeness (QED) is 0.504. The van der Waals surface area contributed by atoms with Crippen LogP contribution in [0.2, 0.25) is 0 Å². The Labute approximate surface area is 121 Å². The predicted molar refractivity (Wildman–Crippen MR) is 82.9 cm³/mol. The van der Waals surface area contributed by atoms with Crippen LogP contribution in [0.4, 0.5) is 0 Å². The second-order valence-electron chi connectivity index (χ2n) is 5.35. The van der Waals surface area contributed by atoms with Crippen LogP contribution in [-0.4, -0.2) is 19.1 Å². The zero-order valence-corrected chi connectivity index (χ0v) is 12.3. The van der Waals surface area contributed by atoms with E-state index in [-0.39, 0.29) is 0 Å². The van der Waals surface area contributed by atoms with Gasteiger partial charge in [-0.05, 0) is 18.9 Å². The predicted octanol–water partition coefficient (Wildman–Crippen LogP) is 2.82. The number of nitrogens with two attached hydrogens (primary N) is 1. The summed E-state index contributed by atoms with van der Waals surface area (Å²) in [4.78, 5) is 4.43. The Balaban J connectivity index is 1.89.